The smallest absolute Gasteiger partial charge is 0.324 e. The molecule has 0 radical (unpaired) electrons. The first-order valence-corrected chi connectivity index (χ1v) is 10.5. The Balaban J connectivity index is 0.00000274. The van der Waals surface area contributed by atoms with Crippen molar-refractivity contribution in [3.8, 4) is 11.3 Å². The van der Waals surface area contributed by atoms with Crippen LogP contribution >= 0.6 is 12.4 Å². The van der Waals surface area contributed by atoms with E-state index in [1.807, 2.05) is 12.1 Å². The van der Waals surface area contributed by atoms with Crippen LogP contribution in [0.3, 0.4) is 0 Å². The van der Waals surface area contributed by atoms with Crippen molar-refractivity contribution in [1.29, 1.82) is 0 Å². The lowest BCUT2D eigenvalue weighted by Gasteiger charge is -2.27. The van der Waals surface area contributed by atoms with Crippen molar-refractivity contribution in [3.05, 3.63) is 60.2 Å². The van der Waals surface area contributed by atoms with Crippen LogP contribution in [0.5, 0.6) is 0 Å². The zero-order valence-corrected chi connectivity index (χ0v) is 18.7. The fourth-order valence-electron chi connectivity index (χ4n) is 3.77. The molecular formula is C22H22ClF3N8. The van der Waals surface area contributed by atoms with Crippen molar-refractivity contribution < 1.29 is 13.2 Å². The topological polar surface area (TPSA) is 94.6 Å². The van der Waals surface area contributed by atoms with Crippen LogP contribution in [0.25, 0.3) is 22.3 Å². The highest BCUT2D eigenvalue weighted by Gasteiger charge is 2.34. The van der Waals surface area contributed by atoms with Gasteiger partial charge >= 0.3 is 6.18 Å². The Morgan fingerprint density at radius 2 is 1.76 bits per heavy atom. The number of halogens is 4. The van der Waals surface area contributed by atoms with Crippen molar-refractivity contribution in [3.63, 3.8) is 0 Å². The van der Waals surface area contributed by atoms with Gasteiger partial charge in [-0.2, -0.15) is 13.2 Å². The molecule has 1 aromatic carbocycles. The SMILES string of the molecule is Cl.FC(F)(F)c1nccc(-c2ccc3nc(Nc4cc(CN5CCNCC5)ccn4)[nH]c3c2)n1. The van der Waals surface area contributed by atoms with Crippen LogP contribution in [-0.2, 0) is 12.7 Å². The monoisotopic (exact) mass is 490 g/mol. The largest absolute Gasteiger partial charge is 0.451 e. The first kappa shape index (κ1) is 23.9. The molecule has 1 fully saturated rings. The fourth-order valence-corrected chi connectivity index (χ4v) is 3.77. The number of alkyl halides is 3. The minimum atomic E-state index is -4.60. The quantitative estimate of drug-likeness (QED) is 0.389. The van der Waals surface area contributed by atoms with Gasteiger partial charge in [0.05, 0.1) is 16.7 Å². The second-order valence-corrected chi connectivity index (χ2v) is 7.78. The third-order valence-corrected chi connectivity index (χ3v) is 5.37. The Morgan fingerprint density at radius 3 is 2.56 bits per heavy atom. The second-order valence-electron chi connectivity index (χ2n) is 7.78. The molecule has 5 rings (SSSR count). The van der Waals surface area contributed by atoms with E-state index in [-0.39, 0.29) is 18.1 Å². The van der Waals surface area contributed by atoms with E-state index in [2.05, 4.69) is 40.5 Å². The van der Waals surface area contributed by atoms with Crippen LogP contribution in [0.1, 0.15) is 11.4 Å². The summed E-state index contributed by atoms with van der Waals surface area (Å²) in [6, 6.07) is 10.6. The van der Waals surface area contributed by atoms with Gasteiger partial charge in [-0.3, -0.25) is 4.90 Å². The van der Waals surface area contributed by atoms with Gasteiger partial charge in [0, 0.05) is 50.7 Å². The van der Waals surface area contributed by atoms with Crippen LogP contribution in [0.4, 0.5) is 24.9 Å². The molecule has 0 spiro atoms. The molecule has 0 aliphatic carbocycles. The molecule has 3 N–H and O–H groups in total. The summed E-state index contributed by atoms with van der Waals surface area (Å²) in [5.74, 6) is -0.0148. The van der Waals surface area contributed by atoms with Crippen LogP contribution < -0.4 is 10.6 Å². The van der Waals surface area contributed by atoms with E-state index < -0.39 is 12.0 Å². The third kappa shape index (κ3) is 5.44. The first-order valence-electron chi connectivity index (χ1n) is 10.5. The van der Waals surface area contributed by atoms with Crippen LogP contribution in [0.2, 0.25) is 0 Å². The minimum Gasteiger partial charge on any atom is -0.324 e. The van der Waals surface area contributed by atoms with Gasteiger partial charge in [-0.1, -0.05) is 6.07 Å². The molecule has 4 aromatic rings. The number of pyridine rings is 1. The Bertz CT molecular complexity index is 1270. The summed E-state index contributed by atoms with van der Waals surface area (Å²) in [5.41, 5.74) is 3.20. The van der Waals surface area contributed by atoms with E-state index in [9.17, 15) is 13.2 Å². The van der Waals surface area contributed by atoms with E-state index in [1.54, 1.807) is 24.4 Å². The molecule has 178 valence electrons. The summed E-state index contributed by atoms with van der Waals surface area (Å²) in [4.78, 5) is 21.4. The van der Waals surface area contributed by atoms with Crippen molar-refractivity contribution in [2.75, 3.05) is 31.5 Å². The normalized spacial score (nSPS) is 14.7. The maximum atomic E-state index is 12.9. The molecule has 0 bridgehead atoms. The van der Waals surface area contributed by atoms with Gasteiger partial charge in [0.25, 0.3) is 0 Å². The molecule has 0 unspecified atom stereocenters. The zero-order chi connectivity index (χ0) is 22.8. The number of nitrogens with zero attached hydrogens (tertiary/aromatic N) is 5. The van der Waals surface area contributed by atoms with Gasteiger partial charge in [0.2, 0.25) is 11.8 Å². The van der Waals surface area contributed by atoms with Crippen LogP contribution in [-0.4, -0.2) is 56.0 Å². The highest BCUT2D eigenvalue weighted by molar-refractivity contribution is 5.85. The maximum Gasteiger partial charge on any atom is 0.451 e. The van der Waals surface area contributed by atoms with E-state index in [0.29, 0.717) is 28.4 Å². The third-order valence-electron chi connectivity index (χ3n) is 5.37. The highest BCUT2D eigenvalue weighted by Crippen LogP contribution is 2.29. The lowest BCUT2D eigenvalue weighted by Crippen LogP contribution is -2.42. The Hall–Kier alpha value is -3.28. The number of anilines is 2. The van der Waals surface area contributed by atoms with Crippen LogP contribution in [0, 0.1) is 0 Å². The van der Waals surface area contributed by atoms with Gasteiger partial charge < -0.3 is 15.6 Å². The maximum absolute atomic E-state index is 12.9. The molecule has 3 aromatic heterocycles. The number of benzene rings is 1. The lowest BCUT2D eigenvalue weighted by atomic mass is 10.1. The number of imidazole rings is 1. The first-order chi connectivity index (χ1) is 15.9. The number of piperazine rings is 1. The number of aromatic nitrogens is 5. The number of H-pyrrole nitrogens is 1. The Morgan fingerprint density at radius 1 is 0.971 bits per heavy atom. The number of rotatable bonds is 5. The van der Waals surface area contributed by atoms with Gasteiger partial charge in [-0.25, -0.2) is 19.9 Å². The highest BCUT2D eigenvalue weighted by atomic mass is 35.5. The molecule has 1 saturated heterocycles. The summed E-state index contributed by atoms with van der Waals surface area (Å²) in [7, 11) is 0. The Labute approximate surface area is 199 Å². The predicted octanol–water partition coefficient (Wildman–Crippen LogP) is 4.00. The minimum absolute atomic E-state index is 0. The summed E-state index contributed by atoms with van der Waals surface area (Å²) in [6.45, 7) is 4.84. The second kappa shape index (κ2) is 9.92. The lowest BCUT2D eigenvalue weighted by molar-refractivity contribution is -0.144. The van der Waals surface area contributed by atoms with Crippen LogP contribution in [0.15, 0.2) is 48.8 Å². The molecule has 1 aliphatic heterocycles. The molecule has 0 saturated carbocycles. The van der Waals surface area contributed by atoms with Gasteiger partial charge in [0.1, 0.15) is 5.82 Å². The number of aromatic amines is 1. The molecule has 8 nitrogen and oxygen atoms in total. The average molecular weight is 491 g/mol. The summed E-state index contributed by atoms with van der Waals surface area (Å²) in [6.07, 6.45) is -1.74. The number of hydrogen-bond donors (Lipinski definition) is 3. The van der Waals surface area contributed by atoms with E-state index in [1.165, 1.54) is 6.07 Å². The fraction of sp³-hybridized carbons (Fsp3) is 0.273. The standard InChI is InChI=1S/C22H21F3N8.ClH/c23-22(24,25)20-28-6-4-16(29-20)15-1-2-17-18(12-15)31-21(30-17)32-19-11-14(3-5-27-19)13-33-9-7-26-8-10-33;/h1-6,11-12,26H,7-10,13H2,(H2,27,30,31,32);1H. The summed E-state index contributed by atoms with van der Waals surface area (Å²) >= 11 is 0. The average Bonchev–Trinajstić information content (AvgIpc) is 3.21. The van der Waals surface area contributed by atoms with E-state index >= 15 is 0 Å². The number of nitrogens with one attached hydrogen (secondary N) is 3. The molecule has 0 atom stereocenters. The van der Waals surface area contributed by atoms with Gasteiger partial charge in [-0.05, 0) is 35.9 Å². The zero-order valence-electron chi connectivity index (χ0n) is 17.9. The van der Waals surface area contributed by atoms with Gasteiger partial charge in [0.15, 0.2) is 0 Å². The molecule has 1 aliphatic rings. The molecular weight excluding hydrogens is 469 g/mol. The molecule has 0 amide bonds. The molecule has 12 heteroatoms. The molecule has 4 heterocycles. The summed E-state index contributed by atoms with van der Waals surface area (Å²) in [5, 5.41) is 6.52. The number of hydrogen-bond acceptors (Lipinski definition) is 7. The van der Waals surface area contributed by atoms with Crippen molar-refractivity contribution in [2.24, 2.45) is 0 Å². The van der Waals surface area contributed by atoms with Crippen molar-refractivity contribution in [2.45, 2.75) is 12.7 Å². The summed E-state index contributed by atoms with van der Waals surface area (Å²) < 4.78 is 38.8. The number of fused-ring (bicyclic) bond motifs is 1. The van der Waals surface area contributed by atoms with E-state index in [4.69, 9.17) is 0 Å². The van der Waals surface area contributed by atoms with Crippen molar-refractivity contribution >= 4 is 35.2 Å². The predicted molar refractivity (Wildman–Crippen MR) is 125 cm³/mol. The van der Waals surface area contributed by atoms with Crippen molar-refractivity contribution in [1.82, 2.24) is 35.1 Å². The van der Waals surface area contributed by atoms with E-state index in [0.717, 1.165) is 44.5 Å². The Kier molecular flexibility index (Phi) is 6.96. The molecule has 34 heavy (non-hydrogen) atoms. The van der Waals surface area contributed by atoms with Gasteiger partial charge in [-0.15, -0.1) is 12.4 Å².